The Kier molecular flexibility index (Phi) is 4.58. The number of nitrogens with zero attached hydrogens (tertiary/aromatic N) is 1. The third-order valence-electron chi connectivity index (χ3n) is 4.23. The Morgan fingerprint density at radius 2 is 1.93 bits per heavy atom. The zero-order valence-electron chi connectivity index (χ0n) is 14.4. The van der Waals surface area contributed by atoms with Gasteiger partial charge in [-0.3, -0.25) is 0 Å². The topological polar surface area (TPSA) is 68.7 Å². The molecular formula is C20H11ClF3NO4. The summed E-state index contributed by atoms with van der Waals surface area (Å²) in [5.41, 5.74) is -0.154. The number of hydrogen-bond acceptors (Lipinski definition) is 4. The number of carboxylic acids is 1. The van der Waals surface area contributed by atoms with E-state index in [1.165, 1.54) is 12.1 Å². The van der Waals surface area contributed by atoms with Crippen LogP contribution in [0.1, 0.15) is 5.56 Å². The molecule has 0 saturated heterocycles. The Balaban J connectivity index is 1.72. The summed E-state index contributed by atoms with van der Waals surface area (Å²) in [6.07, 6.45) is -6.61. The van der Waals surface area contributed by atoms with Crippen LogP contribution >= 0.6 is 11.6 Å². The zero-order chi connectivity index (χ0) is 20.8. The number of ether oxygens (including phenoxy) is 2. The van der Waals surface area contributed by atoms with Crippen molar-refractivity contribution in [1.29, 1.82) is 0 Å². The average Bonchev–Trinajstić information content (AvgIpc) is 2.67. The Morgan fingerprint density at radius 3 is 2.66 bits per heavy atom. The van der Waals surface area contributed by atoms with Crippen LogP contribution < -0.4 is 9.47 Å². The number of aromatic nitrogens is 1. The number of rotatable bonds is 3. The van der Waals surface area contributed by atoms with E-state index in [9.17, 15) is 18.0 Å². The Labute approximate surface area is 167 Å². The molecule has 0 radical (unpaired) electrons. The van der Waals surface area contributed by atoms with Gasteiger partial charge >= 0.3 is 12.1 Å². The summed E-state index contributed by atoms with van der Waals surface area (Å²) in [5, 5.41) is 10.0. The van der Waals surface area contributed by atoms with Gasteiger partial charge in [-0.2, -0.15) is 13.2 Å². The number of halogens is 4. The molecule has 29 heavy (non-hydrogen) atoms. The van der Waals surface area contributed by atoms with E-state index in [0.29, 0.717) is 5.52 Å². The normalized spacial score (nSPS) is 16.0. The van der Waals surface area contributed by atoms with Crippen LogP contribution in [0.15, 0.2) is 54.1 Å². The quantitative estimate of drug-likeness (QED) is 0.607. The summed E-state index contributed by atoms with van der Waals surface area (Å²) < 4.78 is 50.3. The van der Waals surface area contributed by atoms with Crippen molar-refractivity contribution in [2.75, 3.05) is 0 Å². The number of benzene rings is 2. The van der Waals surface area contributed by atoms with Crippen molar-refractivity contribution in [3.05, 3.63) is 64.7 Å². The molecule has 9 heteroatoms. The molecule has 0 fully saturated rings. The molecule has 0 spiro atoms. The van der Waals surface area contributed by atoms with Gasteiger partial charge in [0.15, 0.2) is 5.75 Å². The highest BCUT2D eigenvalue weighted by Gasteiger charge is 2.48. The Hall–Kier alpha value is -3.26. The fourth-order valence-corrected chi connectivity index (χ4v) is 3.12. The lowest BCUT2D eigenvalue weighted by Crippen LogP contribution is -2.40. The molecule has 1 aromatic heterocycles. The number of alkyl halides is 3. The van der Waals surface area contributed by atoms with Crippen molar-refractivity contribution in [2.45, 2.75) is 12.3 Å². The van der Waals surface area contributed by atoms with E-state index >= 15 is 0 Å². The van der Waals surface area contributed by atoms with Crippen LogP contribution in [-0.2, 0) is 4.79 Å². The van der Waals surface area contributed by atoms with Crippen LogP contribution in [-0.4, -0.2) is 28.3 Å². The molecule has 3 aromatic rings. The fraction of sp³-hybridized carbons (Fsp3) is 0.100. The lowest BCUT2D eigenvalue weighted by atomic mass is 10.0. The minimum atomic E-state index is -4.90. The molecule has 1 unspecified atom stereocenters. The molecule has 0 saturated carbocycles. The van der Waals surface area contributed by atoms with Crippen LogP contribution in [0.5, 0.6) is 17.4 Å². The second kappa shape index (κ2) is 6.97. The molecule has 5 nitrogen and oxygen atoms in total. The third kappa shape index (κ3) is 3.71. The van der Waals surface area contributed by atoms with E-state index in [1.54, 1.807) is 18.2 Å². The molecule has 4 rings (SSSR count). The first-order chi connectivity index (χ1) is 13.7. The summed E-state index contributed by atoms with van der Waals surface area (Å²) >= 11 is 6.18. The number of carboxylic acid groups (broad SMARTS) is 1. The molecule has 1 aliphatic heterocycles. The highest BCUT2D eigenvalue weighted by atomic mass is 35.5. The molecule has 2 heterocycles. The van der Waals surface area contributed by atoms with Crippen LogP contribution in [0, 0.1) is 0 Å². The minimum absolute atomic E-state index is 0.0290. The van der Waals surface area contributed by atoms with Gasteiger partial charge in [0.1, 0.15) is 5.75 Å². The van der Waals surface area contributed by atoms with Gasteiger partial charge in [-0.05, 0) is 24.3 Å². The highest BCUT2D eigenvalue weighted by molar-refractivity contribution is 6.32. The molecule has 2 aromatic carbocycles. The molecule has 1 aliphatic rings. The van der Waals surface area contributed by atoms with Crippen LogP contribution in [0.25, 0.3) is 17.0 Å². The van der Waals surface area contributed by atoms with Crippen molar-refractivity contribution in [1.82, 2.24) is 4.98 Å². The van der Waals surface area contributed by atoms with E-state index < -0.39 is 23.8 Å². The summed E-state index contributed by atoms with van der Waals surface area (Å²) in [5.74, 6) is -1.70. The van der Waals surface area contributed by atoms with Crippen molar-refractivity contribution in [2.24, 2.45) is 0 Å². The lowest BCUT2D eigenvalue weighted by molar-refractivity contribution is -0.187. The monoisotopic (exact) mass is 421 g/mol. The number of carbonyl (C=O) groups is 1. The summed E-state index contributed by atoms with van der Waals surface area (Å²) in [4.78, 5) is 15.5. The van der Waals surface area contributed by atoms with Gasteiger partial charge in [0.2, 0.25) is 12.0 Å². The third-order valence-corrected chi connectivity index (χ3v) is 4.53. The molecular weight excluding hydrogens is 411 g/mol. The van der Waals surface area contributed by atoms with Crippen molar-refractivity contribution >= 4 is 34.5 Å². The largest absolute Gasteiger partial charge is 0.478 e. The highest BCUT2D eigenvalue weighted by Crippen LogP contribution is 2.42. The first kappa shape index (κ1) is 19.1. The number of hydrogen-bond donors (Lipinski definition) is 1. The van der Waals surface area contributed by atoms with Crippen LogP contribution in [0.2, 0.25) is 5.02 Å². The smallest absolute Gasteiger partial charge is 0.430 e. The second-order valence-corrected chi connectivity index (χ2v) is 6.62. The Morgan fingerprint density at radius 1 is 1.17 bits per heavy atom. The zero-order valence-corrected chi connectivity index (χ0v) is 15.2. The predicted molar refractivity (Wildman–Crippen MR) is 99.4 cm³/mol. The maximum atomic E-state index is 13.2. The summed E-state index contributed by atoms with van der Waals surface area (Å²) in [7, 11) is 0. The van der Waals surface area contributed by atoms with E-state index in [1.807, 2.05) is 18.2 Å². The Bertz CT molecular complexity index is 1160. The second-order valence-electron chi connectivity index (χ2n) is 6.21. The van der Waals surface area contributed by atoms with Crippen LogP contribution in [0.3, 0.4) is 0 Å². The molecule has 148 valence electrons. The number of pyridine rings is 1. The number of aliphatic carboxylic acids is 1. The predicted octanol–water partition coefficient (Wildman–Crippen LogP) is 5.47. The summed E-state index contributed by atoms with van der Waals surface area (Å²) in [6, 6.07) is 13.2. The van der Waals surface area contributed by atoms with E-state index in [4.69, 9.17) is 26.2 Å². The van der Waals surface area contributed by atoms with Gasteiger partial charge < -0.3 is 14.6 Å². The van der Waals surface area contributed by atoms with Crippen molar-refractivity contribution in [3.8, 4) is 17.4 Å². The molecule has 0 amide bonds. The van der Waals surface area contributed by atoms with Gasteiger partial charge in [-0.15, -0.1) is 0 Å². The fourth-order valence-electron chi connectivity index (χ4n) is 2.91. The minimum Gasteiger partial charge on any atom is -0.478 e. The van der Waals surface area contributed by atoms with E-state index in [0.717, 1.165) is 11.5 Å². The lowest BCUT2D eigenvalue weighted by Gasteiger charge is -2.27. The molecule has 1 atom stereocenters. The van der Waals surface area contributed by atoms with Crippen molar-refractivity contribution < 1.29 is 32.5 Å². The summed E-state index contributed by atoms with van der Waals surface area (Å²) in [6.45, 7) is 0. The van der Waals surface area contributed by atoms with Gasteiger partial charge in [-0.25, -0.2) is 9.78 Å². The van der Waals surface area contributed by atoms with E-state index in [2.05, 4.69) is 4.98 Å². The maximum Gasteiger partial charge on any atom is 0.430 e. The van der Waals surface area contributed by atoms with Gasteiger partial charge in [0.05, 0.1) is 16.1 Å². The van der Waals surface area contributed by atoms with Gasteiger partial charge in [-0.1, -0.05) is 29.8 Å². The van der Waals surface area contributed by atoms with Crippen LogP contribution in [0.4, 0.5) is 13.2 Å². The standard InChI is InChI=1S/C20H11ClF3NO4/c21-13-8-11-7-12(19(26)27)18(20(22,23)24)29-15(11)9-16(13)28-17-6-5-10-3-1-2-4-14(10)25-17/h1-9,18H,(H,26,27). The average molecular weight is 422 g/mol. The number of para-hydroxylation sites is 1. The molecule has 1 N–H and O–H groups in total. The molecule has 0 bridgehead atoms. The maximum absolute atomic E-state index is 13.2. The molecule has 0 aliphatic carbocycles. The van der Waals surface area contributed by atoms with E-state index in [-0.39, 0.29) is 28.0 Å². The van der Waals surface area contributed by atoms with Gasteiger partial charge in [0, 0.05) is 23.1 Å². The first-order valence-corrected chi connectivity index (χ1v) is 8.65. The first-order valence-electron chi connectivity index (χ1n) is 8.28. The number of fused-ring (bicyclic) bond motifs is 2. The van der Waals surface area contributed by atoms with Gasteiger partial charge in [0.25, 0.3) is 0 Å². The SMILES string of the molecule is O=C(O)C1=Cc2cc(Cl)c(Oc3ccc4ccccc4n3)cc2OC1C(F)(F)F. The van der Waals surface area contributed by atoms with Crippen molar-refractivity contribution in [3.63, 3.8) is 0 Å².